The molecule has 0 heterocycles. The molecule has 0 amide bonds. The van der Waals surface area contributed by atoms with E-state index >= 15 is 0 Å². The van der Waals surface area contributed by atoms with Gasteiger partial charge < -0.3 is 15.6 Å². The van der Waals surface area contributed by atoms with Crippen molar-refractivity contribution in [3.05, 3.63) is 0 Å². The van der Waals surface area contributed by atoms with Gasteiger partial charge in [0.05, 0.1) is 18.8 Å². The number of aliphatic hydroxyl groups excluding tert-OH is 1. The molecule has 12 heavy (non-hydrogen) atoms. The van der Waals surface area contributed by atoms with Crippen LogP contribution in [0.4, 0.5) is 0 Å². The minimum Gasteiger partial charge on any atom is -0.394 e. The zero-order valence-corrected chi connectivity index (χ0v) is 7.70. The first-order valence-corrected chi connectivity index (χ1v) is 4.74. The second-order valence-electron chi connectivity index (χ2n) is 3.68. The number of ether oxygens (including phenoxy) is 1. The molecule has 1 fully saturated rings. The molecule has 0 aromatic heterocycles. The van der Waals surface area contributed by atoms with Gasteiger partial charge in [-0.1, -0.05) is 0 Å². The van der Waals surface area contributed by atoms with Gasteiger partial charge >= 0.3 is 0 Å². The molecule has 0 saturated heterocycles. The summed E-state index contributed by atoms with van der Waals surface area (Å²) >= 11 is 0. The summed E-state index contributed by atoms with van der Waals surface area (Å²) in [7, 11) is 0. The van der Waals surface area contributed by atoms with Crippen LogP contribution in [0, 0.1) is 0 Å². The van der Waals surface area contributed by atoms with E-state index in [2.05, 4.69) is 0 Å². The van der Waals surface area contributed by atoms with Crippen LogP contribution >= 0.6 is 0 Å². The zero-order valence-electron chi connectivity index (χ0n) is 7.70. The number of hydrogen-bond donors (Lipinski definition) is 2. The Morgan fingerprint density at radius 2 is 2.33 bits per heavy atom. The first-order chi connectivity index (χ1) is 5.72. The highest BCUT2D eigenvalue weighted by molar-refractivity contribution is 4.75. The predicted molar refractivity (Wildman–Crippen MR) is 47.9 cm³/mol. The average Bonchev–Trinajstić information content (AvgIpc) is 2.04. The Balaban J connectivity index is 2.22. The molecule has 0 aliphatic heterocycles. The Bertz CT molecular complexity index is 130. The Morgan fingerprint density at radius 1 is 1.58 bits per heavy atom. The largest absolute Gasteiger partial charge is 0.394 e. The quantitative estimate of drug-likeness (QED) is 0.659. The van der Waals surface area contributed by atoms with Crippen molar-refractivity contribution in [2.75, 3.05) is 6.61 Å². The van der Waals surface area contributed by atoms with E-state index in [0.717, 1.165) is 25.7 Å². The molecular weight excluding hydrogens is 154 g/mol. The number of rotatable bonds is 3. The summed E-state index contributed by atoms with van der Waals surface area (Å²) in [6.45, 7) is 1.99. The van der Waals surface area contributed by atoms with Crippen LogP contribution in [0.2, 0.25) is 0 Å². The molecule has 0 radical (unpaired) electrons. The molecule has 3 atom stereocenters. The zero-order chi connectivity index (χ0) is 8.97. The van der Waals surface area contributed by atoms with Crippen molar-refractivity contribution in [3.63, 3.8) is 0 Å². The van der Waals surface area contributed by atoms with Crippen LogP contribution < -0.4 is 5.73 Å². The van der Waals surface area contributed by atoms with Gasteiger partial charge in [0.2, 0.25) is 0 Å². The van der Waals surface area contributed by atoms with Crippen LogP contribution in [0.5, 0.6) is 0 Å². The Morgan fingerprint density at radius 3 is 2.92 bits per heavy atom. The normalized spacial score (nSPS) is 33.2. The fourth-order valence-electron chi connectivity index (χ4n) is 1.68. The summed E-state index contributed by atoms with van der Waals surface area (Å²) in [5.74, 6) is 0. The van der Waals surface area contributed by atoms with E-state index in [4.69, 9.17) is 15.6 Å². The topological polar surface area (TPSA) is 55.5 Å². The standard InChI is InChI=1S/C9H19NO2/c1-7(6-11)12-9-4-2-3-8(10)5-9/h7-9,11H,2-6,10H2,1H3. The van der Waals surface area contributed by atoms with E-state index in [0.29, 0.717) is 6.04 Å². The molecule has 3 N–H and O–H groups in total. The number of aliphatic hydroxyl groups is 1. The van der Waals surface area contributed by atoms with Gasteiger partial charge in [0.1, 0.15) is 0 Å². The molecule has 1 rings (SSSR count). The van der Waals surface area contributed by atoms with Crippen LogP contribution in [0.15, 0.2) is 0 Å². The maximum absolute atomic E-state index is 8.78. The summed E-state index contributed by atoms with van der Waals surface area (Å²) in [6.07, 6.45) is 4.55. The van der Waals surface area contributed by atoms with Crippen molar-refractivity contribution in [3.8, 4) is 0 Å². The number of nitrogens with two attached hydrogens (primary N) is 1. The van der Waals surface area contributed by atoms with Crippen LogP contribution in [-0.2, 0) is 4.74 Å². The molecule has 3 unspecified atom stereocenters. The van der Waals surface area contributed by atoms with E-state index in [1.807, 2.05) is 6.92 Å². The van der Waals surface area contributed by atoms with Gasteiger partial charge in [-0.15, -0.1) is 0 Å². The van der Waals surface area contributed by atoms with Crippen LogP contribution in [-0.4, -0.2) is 30.0 Å². The maximum Gasteiger partial charge on any atom is 0.0781 e. The molecule has 0 aromatic carbocycles. The second kappa shape index (κ2) is 4.80. The Hall–Kier alpha value is -0.120. The minimum absolute atomic E-state index is 0.0414. The summed E-state index contributed by atoms with van der Waals surface area (Å²) in [5.41, 5.74) is 5.80. The lowest BCUT2D eigenvalue weighted by Gasteiger charge is -2.28. The molecular formula is C9H19NO2. The van der Waals surface area contributed by atoms with Crippen molar-refractivity contribution < 1.29 is 9.84 Å². The lowest BCUT2D eigenvalue weighted by molar-refractivity contribution is -0.0464. The lowest BCUT2D eigenvalue weighted by Crippen LogP contribution is -2.34. The summed E-state index contributed by atoms with van der Waals surface area (Å²) in [4.78, 5) is 0. The first kappa shape index (κ1) is 9.96. The molecule has 72 valence electrons. The summed E-state index contributed by atoms with van der Waals surface area (Å²) in [5, 5.41) is 8.78. The van der Waals surface area contributed by atoms with Gasteiger partial charge in [-0.05, 0) is 32.6 Å². The fourth-order valence-corrected chi connectivity index (χ4v) is 1.68. The third-order valence-corrected chi connectivity index (χ3v) is 2.35. The Kier molecular flexibility index (Phi) is 3.98. The van der Waals surface area contributed by atoms with E-state index in [1.54, 1.807) is 0 Å². The third-order valence-electron chi connectivity index (χ3n) is 2.35. The van der Waals surface area contributed by atoms with Crippen LogP contribution in [0.3, 0.4) is 0 Å². The van der Waals surface area contributed by atoms with Gasteiger partial charge in [0.25, 0.3) is 0 Å². The SMILES string of the molecule is CC(CO)OC1CCCC(N)C1. The van der Waals surface area contributed by atoms with Crippen molar-refractivity contribution in [1.82, 2.24) is 0 Å². The van der Waals surface area contributed by atoms with E-state index < -0.39 is 0 Å². The van der Waals surface area contributed by atoms with Gasteiger partial charge in [-0.2, -0.15) is 0 Å². The van der Waals surface area contributed by atoms with Crippen LogP contribution in [0.25, 0.3) is 0 Å². The monoisotopic (exact) mass is 173 g/mol. The van der Waals surface area contributed by atoms with Gasteiger partial charge in [-0.3, -0.25) is 0 Å². The van der Waals surface area contributed by atoms with Crippen LogP contribution in [0.1, 0.15) is 32.6 Å². The molecule has 3 nitrogen and oxygen atoms in total. The highest BCUT2D eigenvalue weighted by atomic mass is 16.5. The Labute approximate surface area is 73.9 Å². The van der Waals surface area contributed by atoms with Gasteiger partial charge in [-0.25, -0.2) is 0 Å². The molecule has 0 aromatic rings. The summed E-state index contributed by atoms with van der Waals surface area (Å²) < 4.78 is 5.58. The van der Waals surface area contributed by atoms with E-state index in [1.165, 1.54) is 0 Å². The molecule has 1 aliphatic carbocycles. The van der Waals surface area contributed by atoms with Crippen molar-refractivity contribution in [1.29, 1.82) is 0 Å². The lowest BCUT2D eigenvalue weighted by atomic mass is 9.93. The van der Waals surface area contributed by atoms with Crippen molar-refractivity contribution in [2.45, 2.75) is 50.9 Å². The molecule has 0 bridgehead atoms. The highest BCUT2D eigenvalue weighted by Gasteiger charge is 2.20. The molecule has 3 heteroatoms. The predicted octanol–water partition coefficient (Wildman–Crippen LogP) is 0.654. The van der Waals surface area contributed by atoms with E-state index in [9.17, 15) is 0 Å². The second-order valence-corrected chi connectivity index (χ2v) is 3.68. The third kappa shape index (κ3) is 3.09. The molecule has 0 spiro atoms. The van der Waals surface area contributed by atoms with Crippen molar-refractivity contribution >= 4 is 0 Å². The highest BCUT2D eigenvalue weighted by Crippen LogP contribution is 2.20. The van der Waals surface area contributed by atoms with Gasteiger partial charge in [0, 0.05) is 6.04 Å². The smallest absolute Gasteiger partial charge is 0.0781 e. The fraction of sp³-hybridized carbons (Fsp3) is 1.00. The van der Waals surface area contributed by atoms with Crippen molar-refractivity contribution in [2.24, 2.45) is 5.73 Å². The van der Waals surface area contributed by atoms with Gasteiger partial charge in [0.15, 0.2) is 0 Å². The maximum atomic E-state index is 8.78. The minimum atomic E-state index is -0.0414. The average molecular weight is 173 g/mol. The number of hydrogen-bond acceptors (Lipinski definition) is 3. The first-order valence-electron chi connectivity index (χ1n) is 4.74. The molecule has 1 saturated carbocycles. The summed E-state index contributed by atoms with van der Waals surface area (Å²) in [6, 6.07) is 0.301. The van der Waals surface area contributed by atoms with E-state index in [-0.39, 0.29) is 18.8 Å². The molecule has 1 aliphatic rings.